The van der Waals surface area contributed by atoms with Crippen molar-refractivity contribution < 1.29 is 19.2 Å². The number of hydrogen-bond acceptors (Lipinski definition) is 5. The van der Waals surface area contributed by atoms with Gasteiger partial charge in [0, 0.05) is 18.7 Å². The number of amides is 1. The fourth-order valence-corrected chi connectivity index (χ4v) is 2.12. The minimum absolute atomic E-state index is 0.0375. The number of nitro benzene ring substituents is 1. The van der Waals surface area contributed by atoms with Crippen LogP contribution in [0.1, 0.15) is 15.9 Å². The Balaban J connectivity index is 2.14. The number of ether oxygens (including phenoxy) is 2. The van der Waals surface area contributed by atoms with Crippen molar-refractivity contribution in [3.05, 3.63) is 63.7 Å². The van der Waals surface area contributed by atoms with Gasteiger partial charge in [-0.15, -0.1) is 0 Å². The number of nitrogens with zero attached hydrogens (tertiary/aromatic N) is 1. The highest BCUT2D eigenvalue weighted by atomic mass is 16.6. The van der Waals surface area contributed by atoms with Crippen LogP contribution in [0, 0.1) is 17.0 Å². The van der Waals surface area contributed by atoms with E-state index in [1.54, 1.807) is 44.4 Å². The molecule has 0 saturated heterocycles. The predicted octanol–water partition coefficient (Wildman–Crippen LogP) is 3.18. The third-order valence-electron chi connectivity index (χ3n) is 3.40. The third kappa shape index (κ3) is 4.30. The van der Waals surface area contributed by atoms with Crippen LogP contribution < -0.4 is 10.1 Å². The van der Waals surface area contributed by atoms with Crippen molar-refractivity contribution in [1.29, 1.82) is 0 Å². The summed E-state index contributed by atoms with van der Waals surface area (Å²) < 4.78 is 10.4. The molecule has 0 spiro atoms. The summed E-state index contributed by atoms with van der Waals surface area (Å²) >= 11 is 0. The fraction of sp³-hybridized carbons (Fsp3) is 0.235. The van der Waals surface area contributed by atoms with Gasteiger partial charge in [0.25, 0.3) is 11.6 Å². The minimum atomic E-state index is -0.477. The Labute approximate surface area is 139 Å². The summed E-state index contributed by atoms with van der Waals surface area (Å²) in [6, 6.07) is 11.3. The molecule has 0 unspecified atom stereocenters. The van der Waals surface area contributed by atoms with Crippen molar-refractivity contribution in [2.24, 2.45) is 0 Å². The van der Waals surface area contributed by atoms with E-state index in [0.717, 1.165) is 0 Å². The predicted molar refractivity (Wildman–Crippen MR) is 89.6 cm³/mol. The first kappa shape index (κ1) is 17.4. The van der Waals surface area contributed by atoms with Gasteiger partial charge in [-0.1, -0.05) is 12.1 Å². The van der Waals surface area contributed by atoms with Gasteiger partial charge >= 0.3 is 0 Å². The second kappa shape index (κ2) is 8.07. The molecule has 24 heavy (non-hydrogen) atoms. The largest absolute Gasteiger partial charge is 0.491 e. The van der Waals surface area contributed by atoms with E-state index < -0.39 is 4.92 Å². The minimum Gasteiger partial charge on any atom is -0.491 e. The van der Waals surface area contributed by atoms with Crippen molar-refractivity contribution in [1.82, 2.24) is 0 Å². The first-order chi connectivity index (χ1) is 11.5. The molecule has 0 fully saturated rings. The lowest BCUT2D eigenvalue weighted by Crippen LogP contribution is -2.13. The van der Waals surface area contributed by atoms with Crippen LogP contribution in [0.2, 0.25) is 0 Å². The summed E-state index contributed by atoms with van der Waals surface area (Å²) in [5.74, 6) is 0.186. The van der Waals surface area contributed by atoms with E-state index in [1.165, 1.54) is 12.1 Å². The number of methoxy groups -OCH3 is 1. The summed E-state index contributed by atoms with van der Waals surface area (Å²) in [5, 5.41) is 13.7. The Kier molecular flexibility index (Phi) is 5.86. The van der Waals surface area contributed by atoms with Crippen LogP contribution >= 0.6 is 0 Å². The molecule has 126 valence electrons. The van der Waals surface area contributed by atoms with Crippen LogP contribution in [-0.2, 0) is 4.74 Å². The first-order valence-corrected chi connectivity index (χ1v) is 7.30. The number of nitro groups is 1. The molecule has 0 heterocycles. The lowest BCUT2D eigenvalue weighted by molar-refractivity contribution is -0.385. The number of anilines is 1. The SMILES string of the molecule is COCCOc1cccc(C(=O)Nc2cccc([N+](=O)[O-])c2C)c1. The van der Waals surface area contributed by atoms with Crippen molar-refractivity contribution in [2.75, 3.05) is 25.6 Å². The first-order valence-electron chi connectivity index (χ1n) is 7.30. The van der Waals surface area contributed by atoms with E-state index in [4.69, 9.17) is 9.47 Å². The van der Waals surface area contributed by atoms with E-state index in [0.29, 0.717) is 35.8 Å². The number of nitrogens with one attached hydrogen (secondary N) is 1. The Morgan fingerprint density at radius 3 is 2.67 bits per heavy atom. The van der Waals surface area contributed by atoms with Crippen LogP contribution in [0.4, 0.5) is 11.4 Å². The molecule has 2 rings (SSSR count). The van der Waals surface area contributed by atoms with Gasteiger partial charge in [-0.05, 0) is 31.2 Å². The third-order valence-corrected chi connectivity index (χ3v) is 3.40. The van der Waals surface area contributed by atoms with Gasteiger partial charge < -0.3 is 14.8 Å². The maximum atomic E-state index is 12.4. The summed E-state index contributed by atoms with van der Waals surface area (Å²) in [4.78, 5) is 22.9. The molecule has 0 aliphatic carbocycles. The fourth-order valence-electron chi connectivity index (χ4n) is 2.12. The molecule has 0 aliphatic heterocycles. The number of hydrogen-bond donors (Lipinski definition) is 1. The molecule has 0 atom stereocenters. The van der Waals surface area contributed by atoms with Crippen LogP contribution in [0.3, 0.4) is 0 Å². The smallest absolute Gasteiger partial charge is 0.274 e. The summed E-state index contributed by atoms with van der Waals surface area (Å²) in [7, 11) is 1.58. The quantitative estimate of drug-likeness (QED) is 0.478. The lowest BCUT2D eigenvalue weighted by atomic mass is 10.1. The van der Waals surface area contributed by atoms with Gasteiger partial charge in [-0.3, -0.25) is 14.9 Å². The molecule has 1 amide bonds. The number of rotatable bonds is 7. The molecular weight excluding hydrogens is 312 g/mol. The van der Waals surface area contributed by atoms with Crippen LogP contribution in [0.25, 0.3) is 0 Å². The molecule has 0 bridgehead atoms. The molecule has 2 aromatic carbocycles. The molecule has 0 radical (unpaired) electrons. The summed E-state index contributed by atoms with van der Waals surface area (Å²) in [6.45, 7) is 2.42. The number of carbonyl (C=O) groups is 1. The van der Waals surface area contributed by atoms with Gasteiger partial charge in [0.15, 0.2) is 0 Å². The molecule has 0 saturated carbocycles. The van der Waals surface area contributed by atoms with Gasteiger partial charge in [-0.2, -0.15) is 0 Å². The summed E-state index contributed by atoms with van der Waals surface area (Å²) in [6.07, 6.45) is 0. The number of carbonyl (C=O) groups excluding carboxylic acids is 1. The molecule has 7 heteroatoms. The average molecular weight is 330 g/mol. The Morgan fingerprint density at radius 1 is 1.21 bits per heavy atom. The normalized spacial score (nSPS) is 10.2. The van der Waals surface area contributed by atoms with Gasteiger partial charge in [-0.25, -0.2) is 0 Å². The van der Waals surface area contributed by atoms with Crippen molar-refractivity contribution >= 4 is 17.3 Å². The summed E-state index contributed by atoms with van der Waals surface area (Å²) in [5.41, 5.74) is 1.17. The van der Waals surface area contributed by atoms with Crippen LogP contribution in [0.5, 0.6) is 5.75 Å². The molecule has 0 aromatic heterocycles. The second-order valence-corrected chi connectivity index (χ2v) is 5.03. The lowest BCUT2D eigenvalue weighted by Gasteiger charge is -2.10. The van der Waals surface area contributed by atoms with Crippen LogP contribution in [-0.4, -0.2) is 31.2 Å². The highest BCUT2D eigenvalue weighted by molar-refractivity contribution is 6.05. The zero-order valence-electron chi connectivity index (χ0n) is 13.4. The van der Waals surface area contributed by atoms with E-state index in [2.05, 4.69) is 5.32 Å². The van der Waals surface area contributed by atoms with Crippen molar-refractivity contribution in [3.8, 4) is 5.75 Å². The van der Waals surface area contributed by atoms with Gasteiger partial charge in [0.05, 0.1) is 22.8 Å². The molecule has 1 N–H and O–H groups in total. The molecule has 2 aromatic rings. The van der Waals surface area contributed by atoms with Gasteiger partial charge in [0.2, 0.25) is 0 Å². The highest BCUT2D eigenvalue weighted by Crippen LogP contribution is 2.25. The Hall–Kier alpha value is -2.93. The van der Waals surface area contributed by atoms with Gasteiger partial charge in [0.1, 0.15) is 12.4 Å². The Bertz CT molecular complexity index is 746. The maximum absolute atomic E-state index is 12.4. The van der Waals surface area contributed by atoms with E-state index in [-0.39, 0.29) is 11.6 Å². The Morgan fingerprint density at radius 2 is 1.96 bits per heavy atom. The standard InChI is InChI=1S/C17H18N2O5/c1-12-15(7-4-8-16(12)19(21)22)18-17(20)13-5-3-6-14(11-13)24-10-9-23-2/h3-8,11H,9-10H2,1-2H3,(H,18,20). The highest BCUT2D eigenvalue weighted by Gasteiger charge is 2.15. The molecule has 0 aliphatic rings. The zero-order valence-corrected chi connectivity index (χ0v) is 13.4. The molecular formula is C17H18N2O5. The average Bonchev–Trinajstić information content (AvgIpc) is 2.57. The second-order valence-electron chi connectivity index (χ2n) is 5.03. The van der Waals surface area contributed by atoms with E-state index in [9.17, 15) is 14.9 Å². The van der Waals surface area contributed by atoms with E-state index in [1.807, 2.05) is 0 Å². The maximum Gasteiger partial charge on any atom is 0.274 e. The van der Waals surface area contributed by atoms with Crippen LogP contribution in [0.15, 0.2) is 42.5 Å². The topological polar surface area (TPSA) is 90.7 Å². The van der Waals surface area contributed by atoms with Crippen molar-refractivity contribution in [3.63, 3.8) is 0 Å². The molecule has 7 nitrogen and oxygen atoms in total. The van der Waals surface area contributed by atoms with Crippen molar-refractivity contribution in [2.45, 2.75) is 6.92 Å². The number of benzene rings is 2. The van der Waals surface area contributed by atoms with E-state index >= 15 is 0 Å². The monoisotopic (exact) mass is 330 g/mol. The zero-order chi connectivity index (χ0) is 17.5.